The molecule has 64 heavy (non-hydrogen) atoms. The maximum atomic E-state index is 12.9. The second-order valence-electron chi connectivity index (χ2n) is 20.3. The van der Waals surface area contributed by atoms with Gasteiger partial charge in [-0.05, 0) is 44.9 Å². The largest absolute Gasteiger partial charge is 0.472 e. The molecule has 0 saturated carbocycles. The molecule has 0 aliphatic carbocycles. The number of unbranched alkanes of at least 4 members (excludes halogenated alkanes) is 36. The molecule has 0 fully saturated rings. The van der Waals surface area contributed by atoms with Crippen LogP contribution in [0.5, 0.6) is 0 Å². The van der Waals surface area contributed by atoms with Crippen LogP contribution >= 0.6 is 7.82 Å². The highest BCUT2D eigenvalue weighted by molar-refractivity contribution is 7.47. The van der Waals surface area contributed by atoms with Gasteiger partial charge in [-0.1, -0.05) is 244 Å². The molecule has 8 nitrogen and oxygen atoms in total. The predicted molar refractivity (Wildman–Crippen MR) is 277 cm³/mol. The van der Waals surface area contributed by atoms with Crippen LogP contribution in [0.3, 0.4) is 0 Å². The van der Waals surface area contributed by atoms with Crippen molar-refractivity contribution in [1.29, 1.82) is 0 Å². The number of hydrogen-bond acceptors (Lipinski definition) is 5. The van der Waals surface area contributed by atoms with E-state index in [1.807, 2.05) is 27.2 Å². The summed E-state index contributed by atoms with van der Waals surface area (Å²) in [6, 6.07) is -0.849. The van der Waals surface area contributed by atoms with Gasteiger partial charge in [-0.2, -0.15) is 0 Å². The van der Waals surface area contributed by atoms with E-state index in [1.54, 1.807) is 6.08 Å². The number of aliphatic hydroxyl groups excluding tert-OH is 1. The smallest absolute Gasteiger partial charge is 0.387 e. The second-order valence-corrected chi connectivity index (χ2v) is 21.8. The van der Waals surface area contributed by atoms with Gasteiger partial charge in [0.05, 0.1) is 39.9 Å². The Morgan fingerprint density at radius 2 is 0.844 bits per heavy atom. The maximum absolute atomic E-state index is 12.9. The molecule has 0 aliphatic heterocycles. The van der Waals surface area contributed by atoms with Crippen molar-refractivity contribution in [3.63, 3.8) is 0 Å². The van der Waals surface area contributed by atoms with Crippen LogP contribution in [0.4, 0.5) is 0 Å². The number of amides is 1. The first-order valence-electron chi connectivity index (χ1n) is 27.7. The number of likely N-dealkylation sites (N-methyl/N-ethyl adjacent to an activating group) is 1. The minimum Gasteiger partial charge on any atom is -0.387 e. The Morgan fingerprint density at radius 1 is 0.516 bits per heavy atom. The first-order valence-corrected chi connectivity index (χ1v) is 29.2. The average molecular weight is 926 g/mol. The van der Waals surface area contributed by atoms with Crippen LogP contribution in [0.15, 0.2) is 24.3 Å². The summed E-state index contributed by atoms with van der Waals surface area (Å²) in [6.07, 6.45) is 58.4. The number of phosphoric ester groups is 1. The van der Waals surface area contributed by atoms with Crippen LogP contribution < -0.4 is 5.32 Å². The quantitative estimate of drug-likeness (QED) is 0.0243. The molecule has 1 amide bonds. The number of carbonyl (C=O) groups excluding carboxylic acids is 1. The van der Waals surface area contributed by atoms with E-state index in [0.717, 1.165) is 51.4 Å². The number of hydrogen-bond donors (Lipinski definition) is 3. The van der Waals surface area contributed by atoms with Crippen LogP contribution in [0.25, 0.3) is 0 Å². The monoisotopic (exact) mass is 926 g/mol. The average Bonchev–Trinajstić information content (AvgIpc) is 3.25. The molecule has 3 unspecified atom stereocenters. The summed E-state index contributed by atoms with van der Waals surface area (Å²) < 4.78 is 23.7. The summed E-state index contributed by atoms with van der Waals surface area (Å²) in [4.78, 5) is 23.2. The third-order valence-electron chi connectivity index (χ3n) is 12.7. The number of nitrogens with one attached hydrogen (secondary N) is 1. The van der Waals surface area contributed by atoms with Crippen LogP contribution in [0, 0.1) is 0 Å². The molecule has 9 heteroatoms. The number of nitrogens with zero attached hydrogens (tertiary/aromatic N) is 1. The zero-order valence-electron chi connectivity index (χ0n) is 43.3. The summed E-state index contributed by atoms with van der Waals surface area (Å²) in [5, 5.41) is 13.9. The van der Waals surface area contributed by atoms with E-state index in [1.165, 1.54) is 199 Å². The van der Waals surface area contributed by atoms with Crippen molar-refractivity contribution in [1.82, 2.24) is 5.32 Å². The van der Waals surface area contributed by atoms with Crippen molar-refractivity contribution in [2.75, 3.05) is 40.9 Å². The topological polar surface area (TPSA) is 105 Å². The Morgan fingerprint density at radius 3 is 1.20 bits per heavy atom. The number of carbonyl (C=O) groups is 1. The molecule has 0 aromatic heterocycles. The highest BCUT2D eigenvalue weighted by Gasteiger charge is 2.27. The summed E-state index contributed by atoms with van der Waals surface area (Å²) in [5.41, 5.74) is 0. The van der Waals surface area contributed by atoms with Crippen LogP contribution in [-0.2, 0) is 18.4 Å². The fraction of sp³-hybridized carbons (Fsp3) is 0.909. The SMILES string of the molecule is CCCCCCCCC/C=C\CCCCCCCC(=O)NC(COP(=O)(O)OCC[N+](C)(C)C)C(O)/C=C/CCCCCCCCCCCCCCCCCCCCCCCCCC. The summed E-state index contributed by atoms with van der Waals surface area (Å²) >= 11 is 0. The highest BCUT2D eigenvalue weighted by atomic mass is 31.2. The molecule has 0 heterocycles. The van der Waals surface area contributed by atoms with Crippen LogP contribution in [0.1, 0.15) is 271 Å². The van der Waals surface area contributed by atoms with Gasteiger partial charge in [-0.25, -0.2) is 4.57 Å². The molecule has 0 saturated heterocycles. The molecule has 0 bridgehead atoms. The van der Waals surface area contributed by atoms with E-state index >= 15 is 0 Å². The van der Waals surface area contributed by atoms with E-state index < -0.39 is 20.0 Å². The van der Waals surface area contributed by atoms with E-state index in [9.17, 15) is 19.4 Å². The third-order valence-corrected chi connectivity index (χ3v) is 13.6. The number of phosphoric acid groups is 1. The maximum Gasteiger partial charge on any atom is 0.472 e. The van der Waals surface area contributed by atoms with Gasteiger partial charge in [0.1, 0.15) is 13.2 Å². The summed E-state index contributed by atoms with van der Waals surface area (Å²) in [7, 11) is 1.58. The minimum absolute atomic E-state index is 0.0614. The molecule has 3 N–H and O–H groups in total. The number of allylic oxidation sites excluding steroid dienone is 3. The van der Waals surface area contributed by atoms with Gasteiger partial charge in [0, 0.05) is 6.42 Å². The van der Waals surface area contributed by atoms with Crippen LogP contribution in [-0.4, -0.2) is 73.4 Å². The molecule has 0 aliphatic rings. The van der Waals surface area contributed by atoms with Crippen molar-refractivity contribution in [3.05, 3.63) is 24.3 Å². The predicted octanol–water partition coefficient (Wildman–Crippen LogP) is 16.4. The van der Waals surface area contributed by atoms with Gasteiger partial charge in [0.15, 0.2) is 0 Å². The molecule has 0 aromatic carbocycles. The molecule has 0 aromatic rings. The molecule has 0 radical (unpaired) electrons. The summed E-state index contributed by atoms with van der Waals surface area (Å²) in [6.45, 7) is 4.84. The molecular weight excluding hydrogens is 816 g/mol. The van der Waals surface area contributed by atoms with Crippen molar-refractivity contribution in [2.24, 2.45) is 0 Å². The van der Waals surface area contributed by atoms with Crippen molar-refractivity contribution in [2.45, 2.75) is 283 Å². The zero-order valence-corrected chi connectivity index (χ0v) is 44.2. The Balaban J connectivity index is 4.20. The highest BCUT2D eigenvalue weighted by Crippen LogP contribution is 2.43. The number of quaternary nitrogens is 1. The molecule has 0 spiro atoms. The van der Waals surface area contributed by atoms with Gasteiger partial charge in [-0.3, -0.25) is 13.8 Å². The van der Waals surface area contributed by atoms with Crippen LogP contribution in [0.2, 0.25) is 0 Å². The minimum atomic E-state index is -4.34. The van der Waals surface area contributed by atoms with E-state index in [-0.39, 0.29) is 19.1 Å². The third kappa shape index (κ3) is 48.9. The Labute approximate surface area is 398 Å². The lowest BCUT2D eigenvalue weighted by atomic mass is 10.0. The fourth-order valence-corrected chi connectivity index (χ4v) is 9.01. The lowest BCUT2D eigenvalue weighted by Gasteiger charge is -2.25. The lowest BCUT2D eigenvalue weighted by Crippen LogP contribution is -2.45. The lowest BCUT2D eigenvalue weighted by molar-refractivity contribution is -0.870. The molecule has 0 rings (SSSR count). The second kappa shape index (κ2) is 47.1. The summed E-state index contributed by atoms with van der Waals surface area (Å²) in [5.74, 6) is -0.182. The van der Waals surface area contributed by atoms with E-state index in [2.05, 4.69) is 31.3 Å². The van der Waals surface area contributed by atoms with Gasteiger partial charge in [0.2, 0.25) is 5.91 Å². The van der Waals surface area contributed by atoms with Gasteiger partial charge < -0.3 is 19.8 Å². The first kappa shape index (κ1) is 63.0. The van der Waals surface area contributed by atoms with Gasteiger partial charge >= 0.3 is 7.82 Å². The molecular formula is C55H110N2O6P+. The van der Waals surface area contributed by atoms with Crippen molar-refractivity contribution >= 4 is 13.7 Å². The van der Waals surface area contributed by atoms with E-state index in [0.29, 0.717) is 17.4 Å². The number of aliphatic hydroxyl groups is 1. The van der Waals surface area contributed by atoms with E-state index in [4.69, 9.17) is 9.05 Å². The Bertz CT molecular complexity index is 1090. The van der Waals surface area contributed by atoms with Gasteiger partial charge in [-0.15, -0.1) is 0 Å². The standard InChI is InChI=1S/C55H109N2O6P/c1-6-8-10-12-14-16-18-20-22-24-25-26-27-28-29-30-31-32-33-34-36-38-40-42-44-46-48-54(58)53(52-63-64(60,61)62-51-50-57(3,4)5)56-55(59)49-47-45-43-41-39-37-35-23-21-19-17-15-13-11-9-7-2/h23,35,46,48,53-54,58H,6-22,24-34,36-45,47,49-52H2,1-5H3,(H-,56,59,60,61)/p+1/b35-23-,48-46+. The van der Waals surface area contributed by atoms with Crippen molar-refractivity contribution < 1.29 is 32.9 Å². The Kier molecular flexibility index (Phi) is 46.3. The number of rotatable bonds is 51. The Hall–Kier alpha value is -1.02. The zero-order chi connectivity index (χ0) is 47.1. The first-order chi connectivity index (χ1) is 31.0. The van der Waals surface area contributed by atoms with Gasteiger partial charge in [0.25, 0.3) is 0 Å². The fourth-order valence-electron chi connectivity index (χ4n) is 8.27. The van der Waals surface area contributed by atoms with Crippen molar-refractivity contribution in [3.8, 4) is 0 Å². The molecule has 380 valence electrons. The normalized spacial score (nSPS) is 14.2. The molecule has 3 atom stereocenters.